The lowest BCUT2D eigenvalue weighted by atomic mass is 9.98. The number of benzene rings is 2. The molecule has 3 aliphatic heterocycles. The number of hydrogen-bond acceptors (Lipinski definition) is 5. The Morgan fingerprint density at radius 3 is 2.50 bits per heavy atom. The van der Waals surface area contributed by atoms with Crippen LogP contribution in [0.4, 0.5) is 4.79 Å². The number of ether oxygens (including phenoxy) is 3. The number of carbonyl (C=O) groups excluding carboxylic acids is 1. The van der Waals surface area contributed by atoms with Crippen molar-refractivity contribution in [2.24, 2.45) is 0 Å². The molecule has 3 fully saturated rings. The molecule has 1 spiro atoms. The van der Waals surface area contributed by atoms with Gasteiger partial charge in [0.15, 0.2) is 5.79 Å². The van der Waals surface area contributed by atoms with Crippen LogP contribution in [-0.2, 0) is 14.2 Å². The SMILES string of the molecule is O=C1OC[C@H](c2ccccc2)N1[C@H]1C[C@H](Sc2ccccc2)O[C@@]12CCCO2. The van der Waals surface area contributed by atoms with Crippen LogP contribution < -0.4 is 0 Å². The van der Waals surface area contributed by atoms with Crippen molar-refractivity contribution in [1.29, 1.82) is 0 Å². The van der Waals surface area contributed by atoms with E-state index < -0.39 is 5.79 Å². The molecule has 0 bridgehead atoms. The van der Waals surface area contributed by atoms with Crippen LogP contribution in [0.25, 0.3) is 0 Å². The Morgan fingerprint density at radius 2 is 1.79 bits per heavy atom. The van der Waals surface area contributed by atoms with Crippen LogP contribution in [0.1, 0.15) is 30.9 Å². The van der Waals surface area contributed by atoms with Crippen molar-refractivity contribution in [2.75, 3.05) is 13.2 Å². The maximum atomic E-state index is 12.7. The molecule has 2 aromatic rings. The minimum Gasteiger partial charge on any atom is -0.447 e. The van der Waals surface area contributed by atoms with E-state index in [0.717, 1.165) is 29.7 Å². The molecule has 5 rings (SSSR count). The molecule has 3 aliphatic rings. The van der Waals surface area contributed by atoms with Gasteiger partial charge in [-0.1, -0.05) is 60.3 Å². The average Bonchev–Trinajstić information content (AvgIpc) is 3.43. The molecule has 2 aromatic carbocycles. The van der Waals surface area contributed by atoms with E-state index in [1.807, 2.05) is 53.4 Å². The van der Waals surface area contributed by atoms with E-state index in [-0.39, 0.29) is 23.6 Å². The Hall–Kier alpha value is -2.02. The first kappa shape index (κ1) is 18.0. The Kier molecular flexibility index (Phi) is 4.78. The van der Waals surface area contributed by atoms with Gasteiger partial charge in [0.05, 0.1) is 18.7 Å². The fourth-order valence-corrected chi connectivity index (χ4v) is 5.57. The summed E-state index contributed by atoms with van der Waals surface area (Å²) in [5.74, 6) is -0.733. The highest BCUT2D eigenvalue weighted by Crippen LogP contribution is 2.49. The van der Waals surface area contributed by atoms with Crippen LogP contribution in [0.15, 0.2) is 65.6 Å². The highest BCUT2D eigenvalue weighted by molar-refractivity contribution is 7.99. The topological polar surface area (TPSA) is 48.0 Å². The van der Waals surface area contributed by atoms with Crippen LogP contribution in [-0.4, -0.2) is 41.5 Å². The predicted octanol–water partition coefficient (Wildman–Crippen LogP) is 4.59. The molecule has 4 atom stereocenters. The third kappa shape index (κ3) is 3.19. The van der Waals surface area contributed by atoms with Crippen LogP contribution >= 0.6 is 11.8 Å². The lowest BCUT2D eigenvalue weighted by Gasteiger charge is -2.36. The first-order valence-electron chi connectivity index (χ1n) is 9.79. The zero-order chi connectivity index (χ0) is 19.0. The summed E-state index contributed by atoms with van der Waals surface area (Å²) in [7, 11) is 0. The Bertz CT molecular complexity index is 825. The number of thioether (sulfide) groups is 1. The average molecular weight is 397 g/mol. The molecule has 1 amide bonds. The van der Waals surface area contributed by atoms with Crippen molar-refractivity contribution in [3.63, 3.8) is 0 Å². The van der Waals surface area contributed by atoms with Gasteiger partial charge in [-0.2, -0.15) is 0 Å². The molecule has 146 valence electrons. The molecular weight excluding hydrogens is 374 g/mol. The van der Waals surface area contributed by atoms with Gasteiger partial charge in [-0.3, -0.25) is 4.90 Å². The second-order valence-corrected chi connectivity index (χ2v) is 8.64. The number of nitrogens with zero attached hydrogens (tertiary/aromatic N) is 1. The minimum absolute atomic E-state index is 0.0599. The Balaban J connectivity index is 1.43. The van der Waals surface area contributed by atoms with Gasteiger partial charge in [0.1, 0.15) is 12.0 Å². The number of carbonyl (C=O) groups is 1. The summed E-state index contributed by atoms with van der Waals surface area (Å²) < 4.78 is 18.1. The van der Waals surface area contributed by atoms with Gasteiger partial charge in [0.2, 0.25) is 0 Å². The summed E-state index contributed by atoms with van der Waals surface area (Å²) >= 11 is 1.69. The minimum atomic E-state index is -0.733. The first-order chi connectivity index (χ1) is 13.8. The van der Waals surface area contributed by atoms with Crippen molar-refractivity contribution >= 4 is 17.9 Å². The largest absolute Gasteiger partial charge is 0.447 e. The number of rotatable bonds is 4. The smallest absolute Gasteiger partial charge is 0.410 e. The van der Waals surface area contributed by atoms with Crippen LogP contribution in [0.3, 0.4) is 0 Å². The monoisotopic (exact) mass is 397 g/mol. The molecule has 0 saturated carbocycles. The third-order valence-electron chi connectivity index (χ3n) is 5.71. The Morgan fingerprint density at radius 1 is 1.04 bits per heavy atom. The van der Waals surface area contributed by atoms with Gasteiger partial charge < -0.3 is 14.2 Å². The van der Waals surface area contributed by atoms with E-state index in [2.05, 4.69) is 12.1 Å². The van der Waals surface area contributed by atoms with E-state index in [9.17, 15) is 4.79 Å². The van der Waals surface area contributed by atoms with Crippen molar-refractivity contribution in [2.45, 2.75) is 47.5 Å². The van der Waals surface area contributed by atoms with Crippen molar-refractivity contribution in [1.82, 2.24) is 4.90 Å². The quantitative estimate of drug-likeness (QED) is 0.755. The molecular formula is C22H23NO4S. The lowest BCUT2D eigenvalue weighted by Crippen LogP contribution is -2.51. The lowest BCUT2D eigenvalue weighted by molar-refractivity contribution is -0.208. The number of hydrogen-bond donors (Lipinski definition) is 0. The number of cyclic esters (lactones) is 1. The van der Waals surface area contributed by atoms with Gasteiger partial charge in [0.25, 0.3) is 0 Å². The summed E-state index contributed by atoms with van der Waals surface area (Å²) in [5.41, 5.74) is 1.02. The van der Waals surface area contributed by atoms with Gasteiger partial charge in [0, 0.05) is 17.7 Å². The zero-order valence-corrected chi connectivity index (χ0v) is 16.3. The van der Waals surface area contributed by atoms with Crippen LogP contribution in [0.2, 0.25) is 0 Å². The normalized spacial score (nSPS) is 32.2. The van der Waals surface area contributed by atoms with Gasteiger partial charge in [-0.15, -0.1) is 0 Å². The van der Waals surface area contributed by atoms with E-state index in [4.69, 9.17) is 14.2 Å². The molecule has 0 unspecified atom stereocenters. The van der Waals surface area contributed by atoms with Crippen molar-refractivity contribution < 1.29 is 19.0 Å². The second-order valence-electron chi connectivity index (χ2n) is 7.40. The van der Waals surface area contributed by atoms with Gasteiger partial charge in [-0.25, -0.2) is 4.79 Å². The molecule has 0 radical (unpaired) electrons. The molecule has 28 heavy (non-hydrogen) atoms. The molecule has 0 N–H and O–H groups in total. The molecule has 0 aliphatic carbocycles. The second kappa shape index (κ2) is 7.43. The van der Waals surface area contributed by atoms with Gasteiger partial charge in [-0.05, 0) is 24.1 Å². The summed E-state index contributed by atoms with van der Waals surface area (Å²) in [6, 6.07) is 20.0. The van der Waals surface area contributed by atoms with Crippen molar-refractivity contribution in [3.8, 4) is 0 Å². The highest BCUT2D eigenvalue weighted by Gasteiger charge is 2.58. The molecule has 3 saturated heterocycles. The van der Waals surface area contributed by atoms with Crippen LogP contribution in [0, 0.1) is 0 Å². The fourth-order valence-electron chi connectivity index (χ4n) is 4.46. The maximum Gasteiger partial charge on any atom is 0.410 e. The summed E-state index contributed by atoms with van der Waals surface area (Å²) in [6.45, 7) is 1.03. The maximum absolute atomic E-state index is 12.7. The van der Waals surface area contributed by atoms with E-state index in [1.54, 1.807) is 11.8 Å². The summed E-state index contributed by atoms with van der Waals surface area (Å²) in [4.78, 5) is 15.8. The summed E-state index contributed by atoms with van der Waals surface area (Å²) in [6.07, 6.45) is 2.19. The molecule has 3 heterocycles. The molecule has 6 heteroatoms. The van der Waals surface area contributed by atoms with Crippen LogP contribution in [0.5, 0.6) is 0 Å². The predicted molar refractivity (Wildman–Crippen MR) is 106 cm³/mol. The van der Waals surface area contributed by atoms with Crippen molar-refractivity contribution in [3.05, 3.63) is 66.2 Å². The number of amides is 1. The first-order valence-corrected chi connectivity index (χ1v) is 10.7. The molecule has 5 nitrogen and oxygen atoms in total. The highest BCUT2D eigenvalue weighted by atomic mass is 32.2. The fraction of sp³-hybridized carbons (Fsp3) is 0.409. The summed E-state index contributed by atoms with van der Waals surface area (Å²) in [5, 5.41) is 0. The third-order valence-corrected chi connectivity index (χ3v) is 6.81. The zero-order valence-electron chi connectivity index (χ0n) is 15.5. The van der Waals surface area contributed by atoms with E-state index in [1.165, 1.54) is 0 Å². The molecule has 0 aromatic heterocycles. The standard InChI is InChI=1S/C22H23NO4S/c24-21-23(18(15-25-21)16-8-3-1-4-9-16)19-14-20(27-22(19)12-7-13-26-22)28-17-10-5-2-6-11-17/h1-6,8-11,18-20H,7,12-15H2/t18-,19+,20+,22+/m1/s1. The van der Waals surface area contributed by atoms with Gasteiger partial charge >= 0.3 is 6.09 Å². The Labute approximate surface area is 169 Å². The van der Waals surface area contributed by atoms with E-state index in [0.29, 0.717) is 13.2 Å². The van der Waals surface area contributed by atoms with E-state index >= 15 is 0 Å².